The average Bonchev–Trinajstić information content (AvgIpc) is 2.90. The summed E-state index contributed by atoms with van der Waals surface area (Å²) in [6, 6.07) is 7.35. The van der Waals surface area contributed by atoms with Crippen LogP contribution in [0.1, 0.15) is 32.8 Å². The van der Waals surface area contributed by atoms with Crippen LogP contribution in [-0.2, 0) is 24.7 Å². The summed E-state index contributed by atoms with van der Waals surface area (Å²) in [6.07, 6.45) is -0.124. The molecule has 3 rings (SSSR count). The van der Waals surface area contributed by atoms with Gasteiger partial charge in [0.1, 0.15) is 0 Å². The third kappa shape index (κ3) is 1.83. The van der Waals surface area contributed by atoms with Crippen molar-refractivity contribution < 1.29 is 19.1 Å². The van der Waals surface area contributed by atoms with Gasteiger partial charge in [-0.1, -0.05) is 18.2 Å². The Morgan fingerprint density at radius 1 is 1.14 bits per heavy atom. The molecule has 6 nitrogen and oxygen atoms in total. The van der Waals surface area contributed by atoms with Gasteiger partial charge in [-0.05, 0) is 6.07 Å². The van der Waals surface area contributed by atoms with Crippen molar-refractivity contribution >= 4 is 23.5 Å². The molecule has 1 saturated heterocycles. The number of rotatable bonds is 1. The summed E-state index contributed by atoms with van der Waals surface area (Å²) in [5.41, 5.74) is 0.515. The van der Waals surface area contributed by atoms with E-state index in [1.165, 1.54) is 20.8 Å². The van der Waals surface area contributed by atoms with Gasteiger partial charge < -0.3 is 9.64 Å². The minimum atomic E-state index is -0.972. The lowest BCUT2D eigenvalue weighted by Gasteiger charge is -2.35. The first kappa shape index (κ1) is 14.6. The fourth-order valence-corrected chi connectivity index (χ4v) is 3.67. The Morgan fingerprint density at radius 3 is 2.41 bits per heavy atom. The fraction of sp³-hybridized carbons (Fsp3) is 0.438. The molecular weight excluding hydrogens is 284 g/mol. The molecule has 22 heavy (non-hydrogen) atoms. The Hall–Kier alpha value is -2.37. The van der Waals surface area contributed by atoms with Crippen molar-refractivity contribution in [3.8, 4) is 0 Å². The van der Waals surface area contributed by atoms with Crippen molar-refractivity contribution in [2.75, 3.05) is 11.4 Å². The van der Waals surface area contributed by atoms with E-state index < -0.39 is 17.7 Å². The van der Waals surface area contributed by atoms with Crippen LogP contribution in [0.2, 0.25) is 0 Å². The molecule has 0 radical (unpaired) electrons. The summed E-state index contributed by atoms with van der Waals surface area (Å²) < 4.78 is 5.68. The number of nitrogens with zero attached hydrogens (tertiary/aromatic N) is 2. The fourth-order valence-electron chi connectivity index (χ4n) is 3.67. The first-order valence-electron chi connectivity index (χ1n) is 7.24. The van der Waals surface area contributed by atoms with Crippen molar-refractivity contribution in [2.45, 2.75) is 39.0 Å². The van der Waals surface area contributed by atoms with E-state index in [1.807, 2.05) is 24.3 Å². The Kier molecular flexibility index (Phi) is 3.20. The second kappa shape index (κ2) is 4.83. The van der Waals surface area contributed by atoms with Gasteiger partial charge in [0, 0.05) is 39.3 Å². The molecule has 2 aliphatic rings. The summed E-state index contributed by atoms with van der Waals surface area (Å²) in [4.78, 5) is 39.0. The summed E-state index contributed by atoms with van der Waals surface area (Å²) in [6.45, 7) is 4.72. The lowest BCUT2D eigenvalue weighted by Crippen LogP contribution is -2.54. The molecular formula is C16H18N2O4. The molecule has 1 fully saturated rings. The summed E-state index contributed by atoms with van der Waals surface area (Å²) in [5, 5.41) is 0. The van der Waals surface area contributed by atoms with E-state index in [4.69, 9.17) is 4.74 Å². The first-order chi connectivity index (χ1) is 10.4. The van der Waals surface area contributed by atoms with Crippen LogP contribution in [0.3, 0.4) is 0 Å². The van der Waals surface area contributed by atoms with E-state index in [-0.39, 0.29) is 11.8 Å². The molecule has 2 atom stereocenters. The molecule has 0 unspecified atom stereocenters. The van der Waals surface area contributed by atoms with Crippen LogP contribution in [0, 0.1) is 0 Å². The van der Waals surface area contributed by atoms with Crippen LogP contribution < -0.4 is 4.90 Å². The number of benzene rings is 1. The molecule has 116 valence electrons. The van der Waals surface area contributed by atoms with Gasteiger partial charge in [0.15, 0.2) is 11.8 Å². The molecule has 2 aliphatic heterocycles. The van der Waals surface area contributed by atoms with Crippen molar-refractivity contribution in [1.82, 2.24) is 4.90 Å². The van der Waals surface area contributed by atoms with Crippen LogP contribution in [0.25, 0.3) is 0 Å². The Balaban J connectivity index is 2.22. The van der Waals surface area contributed by atoms with E-state index in [0.717, 1.165) is 5.56 Å². The number of carbonyl (C=O) groups is 3. The predicted octanol–water partition coefficient (Wildman–Crippen LogP) is 1.39. The van der Waals surface area contributed by atoms with Gasteiger partial charge in [0.25, 0.3) is 0 Å². The van der Waals surface area contributed by atoms with Crippen molar-refractivity contribution in [3.05, 3.63) is 29.8 Å². The summed E-state index contributed by atoms with van der Waals surface area (Å²) >= 11 is 0. The molecule has 1 aromatic carbocycles. The molecule has 0 N–H and O–H groups in total. The standard InChI is InChI=1S/C16H18N2O4/c1-10(19)17-9-8-16(22-12(3)21)13-6-4-5-7-14(13)18(11(2)20)15(16)17/h4-7,15H,8-9H2,1-3H3/t15-,16-/m1/s1. The van der Waals surface area contributed by atoms with Crippen LogP contribution in [0.5, 0.6) is 0 Å². The second-order valence-corrected chi connectivity index (χ2v) is 5.73. The highest BCUT2D eigenvalue weighted by Gasteiger charge is 2.61. The number of fused-ring (bicyclic) bond motifs is 3. The SMILES string of the molecule is CC(=O)O[C@@]12CCN(C(C)=O)[C@@H]1N(C(C)=O)c1ccccc12. The number of carbonyl (C=O) groups excluding carboxylic acids is 3. The molecule has 0 aromatic heterocycles. The number of para-hydroxylation sites is 1. The predicted molar refractivity (Wildman–Crippen MR) is 78.8 cm³/mol. The van der Waals surface area contributed by atoms with Crippen molar-refractivity contribution in [3.63, 3.8) is 0 Å². The zero-order chi connectivity index (χ0) is 16.1. The molecule has 0 aliphatic carbocycles. The van der Waals surface area contributed by atoms with Gasteiger partial charge in [-0.3, -0.25) is 19.3 Å². The normalized spacial score (nSPS) is 25.7. The molecule has 6 heteroatoms. The third-order valence-electron chi connectivity index (χ3n) is 4.37. The van der Waals surface area contributed by atoms with E-state index in [0.29, 0.717) is 18.7 Å². The molecule has 1 aromatic rings. The number of anilines is 1. The minimum Gasteiger partial charge on any atom is -0.450 e. The van der Waals surface area contributed by atoms with Crippen LogP contribution in [0.4, 0.5) is 5.69 Å². The van der Waals surface area contributed by atoms with Gasteiger partial charge in [-0.15, -0.1) is 0 Å². The van der Waals surface area contributed by atoms with Crippen LogP contribution >= 0.6 is 0 Å². The largest absolute Gasteiger partial charge is 0.450 e. The first-order valence-corrected chi connectivity index (χ1v) is 7.24. The van der Waals surface area contributed by atoms with Gasteiger partial charge in [0.05, 0.1) is 5.69 Å². The highest BCUT2D eigenvalue weighted by Crippen LogP contribution is 2.52. The van der Waals surface area contributed by atoms with Gasteiger partial charge >= 0.3 is 5.97 Å². The topological polar surface area (TPSA) is 66.9 Å². The van der Waals surface area contributed by atoms with E-state index in [9.17, 15) is 14.4 Å². The smallest absolute Gasteiger partial charge is 0.303 e. The van der Waals surface area contributed by atoms with E-state index >= 15 is 0 Å². The zero-order valence-electron chi connectivity index (χ0n) is 12.8. The van der Waals surface area contributed by atoms with Gasteiger partial charge in [0.2, 0.25) is 11.8 Å². The van der Waals surface area contributed by atoms with Crippen molar-refractivity contribution in [2.24, 2.45) is 0 Å². The highest BCUT2D eigenvalue weighted by molar-refractivity contribution is 5.97. The second-order valence-electron chi connectivity index (χ2n) is 5.73. The van der Waals surface area contributed by atoms with Gasteiger partial charge in [-0.2, -0.15) is 0 Å². The van der Waals surface area contributed by atoms with Crippen molar-refractivity contribution in [1.29, 1.82) is 0 Å². The minimum absolute atomic E-state index is 0.141. The molecule has 0 spiro atoms. The van der Waals surface area contributed by atoms with E-state index in [2.05, 4.69) is 0 Å². The van der Waals surface area contributed by atoms with E-state index in [1.54, 1.807) is 9.80 Å². The van der Waals surface area contributed by atoms with Crippen LogP contribution in [-0.4, -0.2) is 35.4 Å². The Bertz CT molecular complexity index is 672. The number of hydrogen-bond acceptors (Lipinski definition) is 4. The number of esters is 1. The summed E-state index contributed by atoms with van der Waals surface area (Å²) in [5.74, 6) is -0.742. The molecule has 2 heterocycles. The van der Waals surface area contributed by atoms with Crippen LogP contribution in [0.15, 0.2) is 24.3 Å². The maximum atomic E-state index is 12.2. The maximum absolute atomic E-state index is 12.2. The summed E-state index contributed by atoms with van der Waals surface area (Å²) in [7, 11) is 0. The quantitative estimate of drug-likeness (QED) is 0.735. The number of ether oxygens (including phenoxy) is 1. The maximum Gasteiger partial charge on any atom is 0.303 e. The highest BCUT2D eigenvalue weighted by atomic mass is 16.6. The third-order valence-corrected chi connectivity index (χ3v) is 4.37. The molecule has 2 amide bonds. The average molecular weight is 302 g/mol. The molecule has 0 bridgehead atoms. The molecule has 0 saturated carbocycles. The monoisotopic (exact) mass is 302 g/mol. The Labute approximate surface area is 128 Å². The zero-order valence-corrected chi connectivity index (χ0v) is 12.8. The lowest BCUT2D eigenvalue weighted by atomic mass is 9.92. The number of hydrogen-bond donors (Lipinski definition) is 0. The Morgan fingerprint density at radius 2 is 1.82 bits per heavy atom. The lowest BCUT2D eigenvalue weighted by molar-refractivity contribution is -0.162. The van der Waals surface area contributed by atoms with Gasteiger partial charge in [-0.25, -0.2) is 0 Å². The number of likely N-dealkylation sites (tertiary alicyclic amines) is 1. The number of amides is 2.